The van der Waals surface area contributed by atoms with Crippen molar-refractivity contribution in [1.82, 2.24) is 4.90 Å². The summed E-state index contributed by atoms with van der Waals surface area (Å²) in [6.07, 6.45) is 1.96. The van der Waals surface area contributed by atoms with Crippen LogP contribution in [0.5, 0.6) is 0 Å². The van der Waals surface area contributed by atoms with Crippen LogP contribution in [0.4, 0.5) is 0 Å². The van der Waals surface area contributed by atoms with E-state index in [9.17, 15) is 9.59 Å². The van der Waals surface area contributed by atoms with E-state index in [2.05, 4.69) is 0 Å². The number of hydrogen-bond acceptors (Lipinski definition) is 2. The number of nitrogens with zero attached hydrogens (tertiary/aromatic N) is 1. The van der Waals surface area contributed by atoms with Crippen LogP contribution in [0.2, 0.25) is 0 Å². The summed E-state index contributed by atoms with van der Waals surface area (Å²) in [6.45, 7) is 1.35. The maximum Gasteiger partial charge on any atom is 0.226 e. The molecule has 0 aliphatic carbocycles. The molecule has 1 aliphatic heterocycles. The van der Waals surface area contributed by atoms with Gasteiger partial charge in [0.2, 0.25) is 5.91 Å². The molecule has 2 aromatic rings. The van der Waals surface area contributed by atoms with Gasteiger partial charge in [0.25, 0.3) is 0 Å². The van der Waals surface area contributed by atoms with Gasteiger partial charge in [-0.15, -0.1) is 0 Å². The molecule has 0 bridgehead atoms. The van der Waals surface area contributed by atoms with Crippen LogP contribution in [0.25, 0.3) is 0 Å². The van der Waals surface area contributed by atoms with Gasteiger partial charge in [0, 0.05) is 24.6 Å². The molecule has 3 nitrogen and oxygen atoms in total. The number of hydrogen-bond donors (Lipinski definition) is 0. The van der Waals surface area contributed by atoms with Crippen molar-refractivity contribution in [3.63, 3.8) is 0 Å². The normalized spacial score (nSPS) is 15.4. The van der Waals surface area contributed by atoms with Crippen molar-refractivity contribution in [3.05, 3.63) is 71.8 Å². The summed E-state index contributed by atoms with van der Waals surface area (Å²) in [5.41, 5.74) is 1.82. The Balaban J connectivity index is 1.54. The minimum atomic E-state index is 0.0400. The molecule has 1 aliphatic rings. The van der Waals surface area contributed by atoms with Gasteiger partial charge >= 0.3 is 0 Å². The summed E-state index contributed by atoms with van der Waals surface area (Å²) < 4.78 is 0. The van der Waals surface area contributed by atoms with Crippen molar-refractivity contribution < 1.29 is 9.59 Å². The predicted molar refractivity (Wildman–Crippen MR) is 90.2 cm³/mol. The third kappa shape index (κ3) is 3.86. The predicted octanol–water partition coefficient (Wildman–Crippen LogP) is 3.35. The molecule has 0 aromatic heterocycles. The van der Waals surface area contributed by atoms with E-state index in [0.29, 0.717) is 19.5 Å². The fraction of sp³-hybridized carbons (Fsp3) is 0.300. The average Bonchev–Trinajstić information content (AvgIpc) is 2.63. The minimum Gasteiger partial charge on any atom is -0.342 e. The quantitative estimate of drug-likeness (QED) is 0.812. The first-order chi connectivity index (χ1) is 11.2. The van der Waals surface area contributed by atoms with Crippen molar-refractivity contribution >= 4 is 11.7 Å². The molecule has 0 N–H and O–H groups in total. The van der Waals surface area contributed by atoms with Crippen molar-refractivity contribution in [3.8, 4) is 0 Å². The molecule has 0 saturated carbocycles. The zero-order valence-corrected chi connectivity index (χ0v) is 13.2. The fourth-order valence-electron chi connectivity index (χ4n) is 3.11. The second-order valence-corrected chi connectivity index (χ2v) is 6.05. The number of ketones is 1. The van der Waals surface area contributed by atoms with Crippen LogP contribution in [0.1, 0.15) is 28.8 Å². The van der Waals surface area contributed by atoms with Gasteiger partial charge in [-0.2, -0.15) is 0 Å². The lowest BCUT2D eigenvalue weighted by molar-refractivity contribution is -0.131. The topological polar surface area (TPSA) is 37.4 Å². The van der Waals surface area contributed by atoms with Crippen LogP contribution < -0.4 is 0 Å². The number of carbonyl (C=O) groups is 2. The number of amides is 1. The molecule has 3 heteroatoms. The van der Waals surface area contributed by atoms with Crippen molar-refractivity contribution in [2.75, 3.05) is 13.1 Å². The van der Waals surface area contributed by atoms with Crippen LogP contribution in [-0.2, 0) is 11.2 Å². The number of piperidine rings is 1. The Morgan fingerprint density at radius 1 is 0.870 bits per heavy atom. The molecule has 0 radical (unpaired) electrons. The first-order valence-electron chi connectivity index (χ1n) is 8.15. The molecule has 1 amide bonds. The molecule has 1 heterocycles. The highest BCUT2D eigenvalue weighted by Gasteiger charge is 2.27. The number of benzene rings is 2. The van der Waals surface area contributed by atoms with E-state index in [1.807, 2.05) is 65.6 Å². The van der Waals surface area contributed by atoms with E-state index < -0.39 is 0 Å². The summed E-state index contributed by atoms with van der Waals surface area (Å²) in [4.78, 5) is 26.7. The van der Waals surface area contributed by atoms with Crippen LogP contribution in [0, 0.1) is 5.92 Å². The maximum absolute atomic E-state index is 12.5. The summed E-state index contributed by atoms with van der Waals surface area (Å²) in [5, 5.41) is 0. The Morgan fingerprint density at radius 3 is 2.04 bits per heavy atom. The third-order valence-electron chi connectivity index (χ3n) is 4.47. The van der Waals surface area contributed by atoms with Crippen LogP contribution in [0.15, 0.2) is 60.7 Å². The highest BCUT2D eigenvalue weighted by atomic mass is 16.2. The monoisotopic (exact) mass is 307 g/mol. The van der Waals surface area contributed by atoms with E-state index in [1.165, 1.54) is 0 Å². The van der Waals surface area contributed by atoms with E-state index >= 15 is 0 Å². The van der Waals surface area contributed by atoms with Gasteiger partial charge in [-0.3, -0.25) is 9.59 Å². The van der Waals surface area contributed by atoms with Crippen LogP contribution in [0.3, 0.4) is 0 Å². The molecule has 23 heavy (non-hydrogen) atoms. The Labute approximate surface area is 136 Å². The van der Waals surface area contributed by atoms with Gasteiger partial charge in [-0.05, 0) is 18.4 Å². The van der Waals surface area contributed by atoms with Gasteiger partial charge in [-0.1, -0.05) is 60.7 Å². The molecule has 1 fully saturated rings. The maximum atomic E-state index is 12.5. The highest BCUT2D eigenvalue weighted by molar-refractivity contribution is 5.98. The zero-order chi connectivity index (χ0) is 16.1. The highest BCUT2D eigenvalue weighted by Crippen LogP contribution is 2.22. The van der Waals surface area contributed by atoms with Gasteiger partial charge in [0.05, 0.1) is 6.42 Å². The summed E-state index contributed by atoms with van der Waals surface area (Å²) >= 11 is 0. The second-order valence-electron chi connectivity index (χ2n) is 6.05. The van der Waals surface area contributed by atoms with Gasteiger partial charge in [0.1, 0.15) is 0 Å². The molecule has 2 aromatic carbocycles. The summed E-state index contributed by atoms with van der Waals surface area (Å²) in [7, 11) is 0. The van der Waals surface area contributed by atoms with E-state index in [-0.39, 0.29) is 17.6 Å². The Hall–Kier alpha value is -2.42. The number of rotatable bonds is 4. The lowest BCUT2D eigenvalue weighted by atomic mass is 9.88. The first kappa shape index (κ1) is 15.5. The minimum absolute atomic E-state index is 0.0400. The first-order valence-corrected chi connectivity index (χ1v) is 8.15. The average molecular weight is 307 g/mol. The molecule has 118 valence electrons. The molecule has 1 saturated heterocycles. The lowest BCUT2D eigenvalue weighted by Crippen LogP contribution is -2.41. The van der Waals surface area contributed by atoms with E-state index in [0.717, 1.165) is 24.0 Å². The van der Waals surface area contributed by atoms with Gasteiger partial charge < -0.3 is 4.90 Å². The number of carbonyl (C=O) groups excluding carboxylic acids is 2. The zero-order valence-electron chi connectivity index (χ0n) is 13.2. The van der Waals surface area contributed by atoms with Crippen LogP contribution in [-0.4, -0.2) is 29.7 Å². The number of likely N-dealkylation sites (tertiary alicyclic amines) is 1. The van der Waals surface area contributed by atoms with E-state index in [1.54, 1.807) is 0 Å². The Bertz CT molecular complexity index is 659. The Morgan fingerprint density at radius 2 is 1.43 bits per heavy atom. The molecule has 0 atom stereocenters. The third-order valence-corrected chi connectivity index (χ3v) is 4.47. The van der Waals surface area contributed by atoms with Gasteiger partial charge in [0.15, 0.2) is 5.78 Å². The largest absolute Gasteiger partial charge is 0.342 e. The summed E-state index contributed by atoms with van der Waals surface area (Å²) in [5.74, 6) is 0.403. The standard InChI is InChI=1S/C20H21NO2/c22-19(15-16-7-3-1-4-8-16)21-13-11-18(12-14-21)20(23)17-9-5-2-6-10-17/h1-10,18H,11-15H2. The number of Topliss-reactive ketones (excluding diaryl/α,β-unsaturated/α-hetero) is 1. The molecular weight excluding hydrogens is 286 g/mol. The smallest absolute Gasteiger partial charge is 0.226 e. The molecule has 0 unspecified atom stereocenters. The van der Waals surface area contributed by atoms with Crippen molar-refractivity contribution in [2.45, 2.75) is 19.3 Å². The SMILES string of the molecule is O=C(c1ccccc1)C1CCN(C(=O)Cc2ccccc2)CC1. The summed E-state index contributed by atoms with van der Waals surface area (Å²) in [6, 6.07) is 19.3. The Kier molecular flexibility index (Phi) is 4.86. The molecular formula is C20H21NO2. The van der Waals surface area contributed by atoms with Gasteiger partial charge in [-0.25, -0.2) is 0 Å². The molecule has 3 rings (SSSR count). The van der Waals surface area contributed by atoms with Crippen molar-refractivity contribution in [1.29, 1.82) is 0 Å². The molecule has 0 spiro atoms. The lowest BCUT2D eigenvalue weighted by Gasteiger charge is -2.31. The van der Waals surface area contributed by atoms with E-state index in [4.69, 9.17) is 0 Å². The fourth-order valence-corrected chi connectivity index (χ4v) is 3.11. The van der Waals surface area contributed by atoms with Crippen molar-refractivity contribution in [2.24, 2.45) is 5.92 Å². The van der Waals surface area contributed by atoms with Crippen LogP contribution >= 0.6 is 0 Å². The second kappa shape index (κ2) is 7.23.